The molecule has 0 saturated carbocycles. The molecule has 3 aromatic rings. The minimum Gasteiger partial charge on any atom is -0.486 e. The molecule has 6 heteroatoms. The van der Waals surface area contributed by atoms with Crippen LogP contribution >= 0.6 is 11.6 Å². The number of rotatable bonds is 4. The van der Waals surface area contributed by atoms with E-state index in [1.807, 2.05) is 13.0 Å². The van der Waals surface area contributed by atoms with E-state index in [1.54, 1.807) is 24.3 Å². The fourth-order valence-electron chi connectivity index (χ4n) is 2.21. The molecular weight excluding hydrogens is 331 g/mol. The van der Waals surface area contributed by atoms with E-state index in [0.29, 0.717) is 27.8 Å². The van der Waals surface area contributed by atoms with Gasteiger partial charge in [0.15, 0.2) is 5.76 Å². The lowest BCUT2D eigenvalue weighted by molar-refractivity contribution is 0.289. The van der Waals surface area contributed by atoms with Gasteiger partial charge in [0.05, 0.1) is 16.7 Å². The summed E-state index contributed by atoms with van der Waals surface area (Å²) in [6.45, 7) is 2.02. The van der Waals surface area contributed by atoms with Crippen molar-refractivity contribution >= 4 is 11.6 Å². The highest BCUT2D eigenvalue weighted by Crippen LogP contribution is 2.29. The highest BCUT2D eigenvalue weighted by molar-refractivity contribution is 6.32. The lowest BCUT2D eigenvalue weighted by Gasteiger charge is -2.06. The van der Waals surface area contributed by atoms with Gasteiger partial charge in [0.2, 0.25) is 0 Å². The topological polar surface area (TPSA) is 59.0 Å². The number of aromatic nitrogens is 1. The lowest BCUT2D eigenvalue weighted by atomic mass is 10.1. The fourth-order valence-corrected chi connectivity index (χ4v) is 2.44. The standard InChI is InChI=1S/C18H12ClFN2O2/c1-11-16(10-23-17-7-2-12(9-21)8-15(17)19)22-24-18(11)13-3-5-14(20)6-4-13/h2-8H,10H2,1H3. The van der Waals surface area contributed by atoms with Crippen LogP contribution < -0.4 is 4.74 Å². The zero-order valence-electron chi connectivity index (χ0n) is 12.7. The summed E-state index contributed by atoms with van der Waals surface area (Å²) in [5.41, 5.74) is 2.63. The van der Waals surface area contributed by atoms with Crippen molar-refractivity contribution in [2.24, 2.45) is 0 Å². The van der Waals surface area contributed by atoms with Crippen molar-refractivity contribution in [2.45, 2.75) is 13.5 Å². The minimum atomic E-state index is -0.310. The van der Waals surface area contributed by atoms with Crippen LogP contribution in [0.5, 0.6) is 5.75 Å². The minimum absolute atomic E-state index is 0.169. The average Bonchev–Trinajstić information content (AvgIpc) is 2.95. The van der Waals surface area contributed by atoms with Gasteiger partial charge in [0.1, 0.15) is 23.9 Å². The number of nitrogens with zero attached hydrogens (tertiary/aromatic N) is 2. The highest BCUT2D eigenvalue weighted by atomic mass is 35.5. The van der Waals surface area contributed by atoms with E-state index >= 15 is 0 Å². The average molecular weight is 343 g/mol. The van der Waals surface area contributed by atoms with Gasteiger partial charge in [-0.3, -0.25) is 0 Å². The van der Waals surface area contributed by atoms with Gasteiger partial charge in [-0.05, 0) is 49.4 Å². The molecule has 0 bridgehead atoms. The lowest BCUT2D eigenvalue weighted by Crippen LogP contribution is -1.98. The molecular formula is C18H12ClFN2O2. The van der Waals surface area contributed by atoms with Crippen LogP contribution in [0, 0.1) is 24.1 Å². The SMILES string of the molecule is Cc1c(COc2ccc(C#N)cc2Cl)noc1-c1ccc(F)cc1. The molecule has 0 atom stereocenters. The number of benzene rings is 2. The normalized spacial score (nSPS) is 10.4. The van der Waals surface area contributed by atoms with E-state index in [1.165, 1.54) is 18.2 Å². The maximum atomic E-state index is 13.0. The van der Waals surface area contributed by atoms with Crippen LogP contribution in [0.15, 0.2) is 47.0 Å². The summed E-state index contributed by atoms with van der Waals surface area (Å²) < 4.78 is 24.0. The van der Waals surface area contributed by atoms with Crippen molar-refractivity contribution in [3.8, 4) is 23.1 Å². The Kier molecular flexibility index (Phi) is 4.50. The molecule has 0 saturated heterocycles. The Hall–Kier alpha value is -2.84. The summed E-state index contributed by atoms with van der Waals surface area (Å²) in [6.07, 6.45) is 0. The smallest absolute Gasteiger partial charge is 0.170 e. The number of ether oxygens (including phenoxy) is 1. The van der Waals surface area contributed by atoms with Crippen LogP contribution in [-0.2, 0) is 6.61 Å². The Morgan fingerprint density at radius 2 is 2.00 bits per heavy atom. The van der Waals surface area contributed by atoms with Gasteiger partial charge in [0, 0.05) is 11.1 Å². The third-order valence-electron chi connectivity index (χ3n) is 3.55. The summed E-state index contributed by atoms with van der Waals surface area (Å²) in [7, 11) is 0. The Bertz CT molecular complexity index is 914. The molecule has 4 nitrogen and oxygen atoms in total. The Morgan fingerprint density at radius 1 is 1.25 bits per heavy atom. The first-order valence-electron chi connectivity index (χ1n) is 7.12. The van der Waals surface area contributed by atoms with Crippen molar-refractivity contribution in [3.63, 3.8) is 0 Å². The third kappa shape index (κ3) is 3.24. The number of halogens is 2. The molecule has 0 aliphatic carbocycles. The van der Waals surface area contributed by atoms with Crippen molar-refractivity contribution in [3.05, 3.63) is 70.1 Å². The maximum Gasteiger partial charge on any atom is 0.170 e. The molecule has 0 radical (unpaired) electrons. The number of nitriles is 1. The predicted octanol–water partition coefficient (Wildman–Crippen LogP) is 4.89. The van der Waals surface area contributed by atoms with Crippen molar-refractivity contribution in [1.82, 2.24) is 5.16 Å². The van der Waals surface area contributed by atoms with Crippen LogP contribution in [-0.4, -0.2) is 5.16 Å². The first-order valence-corrected chi connectivity index (χ1v) is 7.50. The summed E-state index contributed by atoms with van der Waals surface area (Å²) in [4.78, 5) is 0. The second kappa shape index (κ2) is 6.73. The second-order valence-electron chi connectivity index (χ2n) is 5.14. The highest BCUT2D eigenvalue weighted by Gasteiger charge is 2.15. The van der Waals surface area contributed by atoms with E-state index in [-0.39, 0.29) is 12.4 Å². The van der Waals surface area contributed by atoms with Gasteiger partial charge in [-0.25, -0.2) is 4.39 Å². The largest absolute Gasteiger partial charge is 0.486 e. The summed E-state index contributed by atoms with van der Waals surface area (Å²) in [6, 6.07) is 12.8. The van der Waals surface area contributed by atoms with E-state index in [0.717, 1.165) is 11.1 Å². The molecule has 1 heterocycles. The molecule has 3 rings (SSSR count). The first kappa shape index (κ1) is 16.0. The second-order valence-corrected chi connectivity index (χ2v) is 5.54. The zero-order chi connectivity index (χ0) is 17.1. The fraction of sp³-hybridized carbons (Fsp3) is 0.111. The molecule has 0 amide bonds. The summed E-state index contributed by atoms with van der Waals surface area (Å²) in [5, 5.41) is 13.2. The van der Waals surface area contributed by atoms with Crippen molar-refractivity contribution < 1.29 is 13.7 Å². The Labute approximate surface area is 143 Å². The van der Waals surface area contributed by atoms with Gasteiger partial charge in [-0.1, -0.05) is 16.8 Å². The van der Waals surface area contributed by atoms with Gasteiger partial charge < -0.3 is 9.26 Å². The summed E-state index contributed by atoms with van der Waals surface area (Å²) >= 11 is 6.07. The van der Waals surface area contributed by atoms with E-state index in [2.05, 4.69) is 5.16 Å². The molecule has 0 fully saturated rings. The number of hydrogen-bond acceptors (Lipinski definition) is 4. The van der Waals surface area contributed by atoms with Gasteiger partial charge in [0.25, 0.3) is 0 Å². The molecule has 24 heavy (non-hydrogen) atoms. The quantitative estimate of drug-likeness (QED) is 0.677. The van der Waals surface area contributed by atoms with Gasteiger partial charge in [-0.15, -0.1) is 0 Å². The van der Waals surface area contributed by atoms with Gasteiger partial charge in [-0.2, -0.15) is 5.26 Å². The Balaban J connectivity index is 1.77. The third-order valence-corrected chi connectivity index (χ3v) is 3.85. The van der Waals surface area contributed by atoms with Crippen molar-refractivity contribution in [2.75, 3.05) is 0 Å². The van der Waals surface area contributed by atoms with Crippen LogP contribution in [0.3, 0.4) is 0 Å². The number of hydrogen-bond donors (Lipinski definition) is 0. The molecule has 0 aliphatic rings. The van der Waals surface area contributed by atoms with E-state index in [9.17, 15) is 4.39 Å². The van der Waals surface area contributed by atoms with Crippen LogP contribution in [0.1, 0.15) is 16.8 Å². The van der Waals surface area contributed by atoms with Gasteiger partial charge >= 0.3 is 0 Å². The zero-order valence-corrected chi connectivity index (χ0v) is 13.5. The molecule has 0 unspecified atom stereocenters. The first-order chi connectivity index (χ1) is 11.6. The van der Waals surface area contributed by atoms with Crippen LogP contribution in [0.2, 0.25) is 5.02 Å². The molecule has 2 aromatic carbocycles. The van der Waals surface area contributed by atoms with Crippen LogP contribution in [0.4, 0.5) is 4.39 Å². The molecule has 120 valence electrons. The molecule has 1 aromatic heterocycles. The monoisotopic (exact) mass is 342 g/mol. The summed E-state index contributed by atoms with van der Waals surface area (Å²) in [5.74, 6) is 0.718. The van der Waals surface area contributed by atoms with E-state index in [4.69, 9.17) is 26.1 Å². The van der Waals surface area contributed by atoms with Crippen LogP contribution in [0.25, 0.3) is 11.3 Å². The molecule has 0 spiro atoms. The predicted molar refractivity (Wildman–Crippen MR) is 87.1 cm³/mol. The molecule has 0 N–H and O–H groups in total. The molecule has 0 aliphatic heterocycles. The maximum absolute atomic E-state index is 13.0. The Morgan fingerprint density at radius 3 is 2.67 bits per heavy atom. The van der Waals surface area contributed by atoms with Crippen molar-refractivity contribution in [1.29, 1.82) is 5.26 Å². The van der Waals surface area contributed by atoms with E-state index < -0.39 is 0 Å².